The first-order valence-electron chi connectivity index (χ1n) is 4.14. The van der Waals surface area contributed by atoms with Gasteiger partial charge in [0.2, 0.25) is 0 Å². The molecule has 3 nitrogen and oxygen atoms in total. The number of hydrogen-bond acceptors (Lipinski definition) is 3. The van der Waals surface area contributed by atoms with Gasteiger partial charge in [0.05, 0.1) is 5.69 Å². The van der Waals surface area contributed by atoms with E-state index in [2.05, 4.69) is 24.3 Å². The quantitative estimate of drug-likeness (QED) is 0.743. The standard InChI is InChI=1S/C9H16N2O/c1-7-5-8(12-11-7)6-9(2,3)10-4/h5,10H,6H2,1-4H3. The number of nitrogens with one attached hydrogen (secondary N) is 1. The third kappa shape index (κ3) is 2.34. The molecule has 0 aliphatic heterocycles. The van der Waals surface area contributed by atoms with Crippen LogP contribution in [-0.4, -0.2) is 17.7 Å². The molecule has 0 saturated heterocycles. The number of likely N-dealkylation sites (N-methyl/N-ethyl adjacent to an activating group) is 1. The second-order valence-corrected chi connectivity index (χ2v) is 3.75. The molecule has 68 valence electrons. The molecule has 0 spiro atoms. The molecule has 0 radical (unpaired) electrons. The number of aryl methyl sites for hydroxylation is 1. The van der Waals surface area contributed by atoms with Crippen molar-refractivity contribution in [3.8, 4) is 0 Å². The summed E-state index contributed by atoms with van der Waals surface area (Å²) in [6.07, 6.45) is 0.865. The van der Waals surface area contributed by atoms with Gasteiger partial charge in [-0.15, -0.1) is 0 Å². The van der Waals surface area contributed by atoms with Crippen molar-refractivity contribution >= 4 is 0 Å². The molecule has 0 bridgehead atoms. The molecule has 0 unspecified atom stereocenters. The Kier molecular flexibility index (Phi) is 2.52. The van der Waals surface area contributed by atoms with Crippen LogP contribution in [0.2, 0.25) is 0 Å². The molecular formula is C9H16N2O. The minimum absolute atomic E-state index is 0.0754. The largest absolute Gasteiger partial charge is 0.361 e. The van der Waals surface area contributed by atoms with Gasteiger partial charge in [-0.25, -0.2) is 0 Å². The van der Waals surface area contributed by atoms with E-state index in [0.717, 1.165) is 17.9 Å². The van der Waals surface area contributed by atoms with Crippen LogP contribution in [0.1, 0.15) is 25.3 Å². The van der Waals surface area contributed by atoms with E-state index < -0.39 is 0 Å². The molecular weight excluding hydrogens is 152 g/mol. The van der Waals surface area contributed by atoms with Gasteiger partial charge in [0.25, 0.3) is 0 Å². The van der Waals surface area contributed by atoms with E-state index >= 15 is 0 Å². The summed E-state index contributed by atoms with van der Waals surface area (Å²) in [5, 5.41) is 7.04. The van der Waals surface area contributed by atoms with Crippen molar-refractivity contribution in [1.82, 2.24) is 10.5 Å². The molecule has 1 aromatic heterocycles. The lowest BCUT2D eigenvalue weighted by Gasteiger charge is -2.21. The molecule has 0 saturated carbocycles. The van der Waals surface area contributed by atoms with Crippen molar-refractivity contribution in [2.75, 3.05) is 7.05 Å². The minimum atomic E-state index is 0.0754. The van der Waals surface area contributed by atoms with Gasteiger partial charge in [0, 0.05) is 18.0 Å². The normalized spacial score (nSPS) is 12.0. The summed E-state index contributed by atoms with van der Waals surface area (Å²) in [6.45, 7) is 6.19. The van der Waals surface area contributed by atoms with Gasteiger partial charge in [-0.05, 0) is 27.8 Å². The Hall–Kier alpha value is -0.830. The summed E-state index contributed by atoms with van der Waals surface area (Å²) in [4.78, 5) is 0. The Morgan fingerprint density at radius 3 is 2.67 bits per heavy atom. The van der Waals surface area contributed by atoms with Crippen LogP contribution in [0.4, 0.5) is 0 Å². The summed E-state index contributed by atoms with van der Waals surface area (Å²) in [6, 6.07) is 1.97. The van der Waals surface area contributed by atoms with E-state index in [4.69, 9.17) is 4.52 Å². The van der Waals surface area contributed by atoms with Gasteiger partial charge in [-0.3, -0.25) is 0 Å². The molecule has 0 atom stereocenters. The van der Waals surface area contributed by atoms with Crippen LogP contribution in [0.25, 0.3) is 0 Å². The van der Waals surface area contributed by atoms with E-state index in [1.165, 1.54) is 0 Å². The van der Waals surface area contributed by atoms with Crippen molar-refractivity contribution in [2.24, 2.45) is 0 Å². The smallest absolute Gasteiger partial charge is 0.138 e. The van der Waals surface area contributed by atoms with Gasteiger partial charge in [-0.2, -0.15) is 0 Å². The maximum atomic E-state index is 5.11. The average molecular weight is 168 g/mol. The predicted octanol–water partition coefficient (Wildman–Crippen LogP) is 1.52. The first-order valence-corrected chi connectivity index (χ1v) is 4.14. The lowest BCUT2D eigenvalue weighted by molar-refractivity contribution is 0.330. The Morgan fingerprint density at radius 2 is 2.25 bits per heavy atom. The molecule has 0 fully saturated rings. The van der Waals surface area contributed by atoms with Crippen LogP contribution >= 0.6 is 0 Å². The van der Waals surface area contributed by atoms with Crippen molar-refractivity contribution < 1.29 is 4.52 Å². The number of nitrogens with zero attached hydrogens (tertiary/aromatic N) is 1. The van der Waals surface area contributed by atoms with E-state index in [-0.39, 0.29) is 5.54 Å². The van der Waals surface area contributed by atoms with Crippen molar-refractivity contribution in [3.05, 3.63) is 17.5 Å². The molecule has 0 aliphatic carbocycles. The van der Waals surface area contributed by atoms with Crippen molar-refractivity contribution in [2.45, 2.75) is 32.7 Å². The summed E-state index contributed by atoms with van der Waals surface area (Å²) >= 11 is 0. The zero-order valence-corrected chi connectivity index (χ0v) is 8.14. The highest BCUT2D eigenvalue weighted by molar-refractivity contribution is 5.06. The van der Waals surface area contributed by atoms with Crippen LogP contribution in [0.5, 0.6) is 0 Å². The van der Waals surface area contributed by atoms with Gasteiger partial charge in [0.1, 0.15) is 5.76 Å². The second-order valence-electron chi connectivity index (χ2n) is 3.75. The van der Waals surface area contributed by atoms with E-state index in [0.29, 0.717) is 0 Å². The minimum Gasteiger partial charge on any atom is -0.361 e. The first kappa shape index (κ1) is 9.26. The SMILES string of the molecule is CNC(C)(C)Cc1cc(C)no1. The van der Waals surface area contributed by atoms with E-state index in [1.54, 1.807) is 0 Å². The zero-order chi connectivity index (χ0) is 9.19. The van der Waals surface area contributed by atoms with Crippen LogP contribution in [0.15, 0.2) is 10.6 Å². The maximum absolute atomic E-state index is 5.11. The molecule has 1 rings (SSSR count). The molecule has 3 heteroatoms. The summed E-state index contributed by atoms with van der Waals surface area (Å²) in [5.41, 5.74) is 1.02. The van der Waals surface area contributed by atoms with Gasteiger partial charge in [-0.1, -0.05) is 5.16 Å². The molecule has 0 aliphatic rings. The van der Waals surface area contributed by atoms with Gasteiger partial charge < -0.3 is 9.84 Å². The van der Waals surface area contributed by atoms with Crippen LogP contribution in [0.3, 0.4) is 0 Å². The number of hydrogen-bond donors (Lipinski definition) is 1. The topological polar surface area (TPSA) is 38.1 Å². The first-order chi connectivity index (χ1) is 5.53. The zero-order valence-electron chi connectivity index (χ0n) is 8.14. The van der Waals surface area contributed by atoms with Crippen LogP contribution in [-0.2, 0) is 6.42 Å². The Bertz CT molecular complexity index is 253. The fourth-order valence-corrected chi connectivity index (χ4v) is 1.02. The fourth-order valence-electron chi connectivity index (χ4n) is 1.02. The summed E-state index contributed by atoms with van der Waals surface area (Å²) in [7, 11) is 1.95. The van der Waals surface area contributed by atoms with Crippen LogP contribution < -0.4 is 5.32 Å². The monoisotopic (exact) mass is 168 g/mol. The Balaban J connectivity index is 2.63. The number of aromatic nitrogens is 1. The second kappa shape index (κ2) is 3.27. The highest BCUT2D eigenvalue weighted by Gasteiger charge is 2.17. The molecule has 1 N–H and O–H groups in total. The molecule has 1 aromatic rings. The Morgan fingerprint density at radius 1 is 1.58 bits per heavy atom. The lowest BCUT2D eigenvalue weighted by atomic mass is 9.99. The molecule has 1 heterocycles. The highest BCUT2D eigenvalue weighted by atomic mass is 16.5. The predicted molar refractivity (Wildman–Crippen MR) is 48.1 cm³/mol. The van der Waals surface area contributed by atoms with E-state index in [1.807, 2.05) is 20.0 Å². The number of rotatable bonds is 3. The summed E-state index contributed by atoms with van der Waals surface area (Å²) in [5.74, 6) is 0.937. The van der Waals surface area contributed by atoms with E-state index in [9.17, 15) is 0 Å². The average Bonchev–Trinajstić information content (AvgIpc) is 2.35. The van der Waals surface area contributed by atoms with Crippen molar-refractivity contribution in [3.63, 3.8) is 0 Å². The third-order valence-electron chi connectivity index (χ3n) is 1.97. The molecule has 12 heavy (non-hydrogen) atoms. The maximum Gasteiger partial charge on any atom is 0.138 e. The summed E-state index contributed by atoms with van der Waals surface area (Å²) < 4.78 is 5.11. The fraction of sp³-hybridized carbons (Fsp3) is 0.667. The molecule has 0 aromatic carbocycles. The van der Waals surface area contributed by atoms with Gasteiger partial charge in [0.15, 0.2) is 0 Å². The third-order valence-corrected chi connectivity index (χ3v) is 1.97. The highest BCUT2D eigenvalue weighted by Crippen LogP contribution is 2.12. The van der Waals surface area contributed by atoms with Gasteiger partial charge >= 0.3 is 0 Å². The van der Waals surface area contributed by atoms with Crippen molar-refractivity contribution in [1.29, 1.82) is 0 Å². The molecule has 0 amide bonds. The Labute approximate surface area is 73.1 Å². The lowest BCUT2D eigenvalue weighted by Crippen LogP contribution is -2.38. The van der Waals surface area contributed by atoms with Crippen LogP contribution in [0, 0.1) is 6.92 Å².